The van der Waals surface area contributed by atoms with E-state index in [-0.39, 0.29) is 17.3 Å². The molecule has 0 aliphatic carbocycles. The third-order valence-corrected chi connectivity index (χ3v) is 3.14. The van der Waals surface area contributed by atoms with E-state index in [4.69, 9.17) is 16.0 Å². The van der Waals surface area contributed by atoms with Gasteiger partial charge in [-0.05, 0) is 30.3 Å². The Morgan fingerprint density at radius 2 is 1.85 bits per heavy atom. The van der Waals surface area contributed by atoms with E-state index in [1.54, 1.807) is 6.07 Å². The van der Waals surface area contributed by atoms with Gasteiger partial charge in [0.1, 0.15) is 11.5 Å². The lowest BCUT2D eigenvalue weighted by atomic mass is 10.2. The number of aryl methyl sites for hydroxylation is 1. The van der Waals surface area contributed by atoms with Crippen LogP contribution in [-0.2, 0) is 19.1 Å². The standard InChI is InChI=1S/C14H13ClF3NO/c1-2-10-4-5-11(20-10)8-19-13-7-9(14(16,17)18)3-6-12(13)15/h3-7,19H,2,8H2,1H3. The van der Waals surface area contributed by atoms with Gasteiger partial charge in [-0.15, -0.1) is 0 Å². The summed E-state index contributed by atoms with van der Waals surface area (Å²) in [4.78, 5) is 0. The molecule has 0 unspecified atom stereocenters. The maximum atomic E-state index is 12.6. The van der Waals surface area contributed by atoms with E-state index in [0.717, 1.165) is 24.3 Å². The Kier molecular flexibility index (Phi) is 4.28. The van der Waals surface area contributed by atoms with Crippen molar-refractivity contribution in [1.29, 1.82) is 0 Å². The highest BCUT2D eigenvalue weighted by atomic mass is 35.5. The molecule has 1 N–H and O–H groups in total. The van der Waals surface area contributed by atoms with Gasteiger partial charge in [-0.1, -0.05) is 18.5 Å². The molecule has 0 saturated heterocycles. The summed E-state index contributed by atoms with van der Waals surface area (Å²) < 4.78 is 43.3. The lowest BCUT2D eigenvalue weighted by molar-refractivity contribution is -0.137. The molecule has 0 saturated carbocycles. The summed E-state index contributed by atoms with van der Waals surface area (Å²) in [7, 11) is 0. The van der Waals surface area contributed by atoms with Crippen LogP contribution in [0.15, 0.2) is 34.7 Å². The van der Waals surface area contributed by atoms with Gasteiger partial charge in [0.25, 0.3) is 0 Å². The maximum Gasteiger partial charge on any atom is 0.416 e. The summed E-state index contributed by atoms with van der Waals surface area (Å²) in [6.07, 6.45) is -3.62. The smallest absolute Gasteiger partial charge is 0.416 e. The minimum Gasteiger partial charge on any atom is -0.464 e. The first-order valence-electron chi connectivity index (χ1n) is 6.08. The van der Waals surface area contributed by atoms with Gasteiger partial charge in [0.15, 0.2) is 0 Å². The fourth-order valence-corrected chi connectivity index (χ4v) is 1.91. The average Bonchev–Trinajstić information content (AvgIpc) is 2.84. The monoisotopic (exact) mass is 303 g/mol. The van der Waals surface area contributed by atoms with Crippen molar-refractivity contribution in [2.24, 2.45) is 0 Å². The predicted molar refractivity (Wildman–Crippen MR) is 71.9 cm³/mol. The molecule has 0 radical (unpaired) electrons. The minimum absolute atomic E-state index is 0.232. The van der Waals surface area contributed by atoms with Crippen LogP contribution in [0.4, 0.5) is 18.9 Å². The number of anilines is 1. The molecule has 0 amide bonds. The minimum atomic E-state index is -4.39. The van der Waals surface area contributed by atoms with Gasteiger partial charge in [-0.3, -0.25) is 0 Å². The molecule has 0 fully saturated rings. The zero-order chi connectivity index (χ0) is 14.8. The zero-order valence-corrected chi connectivity index (χ0v) is 11.5. The molecule has 6 heteroatoms. The van der Waals surface area contributed by atoms with Crippen molar-refractivity contribution in [3.8, 4) is 0 Å². The fourth-order valence-electron chi connectivity index (χ4n) is 1.73. The highest BCUT2D eigenvalue weighted by Gasteiger charge is 2.30. The highest BCUT2D eigenvalue weighted by molar-refractivity contribution is 6.33. The van der Waals surface area contributed by atoms with Gasteiger partial charge in [0.05, 0.1) is 22.8 Å². The molecule has 0 aliphatic rings. The summed E-state index contributed by atoms with van der Waals surface area (Å²) in [5.74, 6) is 1.48. The van der Waals surface area contributed by atoms with Gasteiger partial charge in [-0.25, -0.2) is 0 Å². The molecule has 0 aliphatic heterocycles. The van der Waals surface area contributed by atoms with Crippen molar-refractivity contribution in [3.05, 3.63) is 52.4 Å². The van der Waals surface area contributed by atoms with E-state index in [1.807, 2.05) is 13.0 Å². The van der Waals surface area contributed by atoms with Crippen molar-refractivity contribution in [3.63, 3.8) is 0 Å². The second-order valence-corrected chi connectivity index (χ2v) is 4.67. The number of alkyl halides is 3. The first-order chi connectivity index (χ1) is 9.40. The molecule has 2 rings (SSSR count). The number of furan rings is 1. The van der Waals surface area contributed by atoms with Crippen LogP contribution in [0.1, 0.15) is 24.0 Å². The summed E-state index contributed by atoms with van der Waals surface area (Å²) in [6.45, 7) is 2.24. The fraction of sp³-hybridized carbons (Fsp3) is 0.286. The second-order valence-electron chi connectivity index (χ2n) is 4.27. The summed E-state index contributed by atoms with van der Waals surface area (Å²) in [5.41, 5.74) is -0.506. The van der Waals surface area contributed by atoms with Gasteiger partial charge in [-0.2, -0.15) is 13.2 Å². The topological polar surface area (TPSA) is 25.2 Å². The maximum absolute atomic E-state index is 12.6. The Balaban J connectivity index is 2.12. The van der Waals surface area contributed by atoms with Crippen LogP contribution in [0.2, 0.25) is 5.02 Å². The molecular weight excluding hydrogens is 291 g/mol. The number of hydrogen-bond donors (Lipinski definition) is 1. The predicted octanol–water partition coefficient (Wildman–Crippen LogP) is 5.13. The van der Waals surface area contributed by atoms with Crippen LogP contribution in [0.3, 0.4) is 0 Å². The Morgan fingerprint density at radius 3 is 2.45 bits per heavy atom. The van der Waals surface area contributed by atoms with Gasteiger partial charge in [0.2, 0.25) is 0 Å². The van der Waals surface area contributed by atoms with E-state index < -0.39 is 11.7 Å². The highest BCUT2D eigenvalue weighted by Crippen LogP contribution is 2.34. The first-order valence-corrected chi connectivity index (χ1v) is 6.46. The molecule has 108 valence electrons. The molecule has 1 aromatic carbocycles. The summed E-state index contributed by atoms with van der Waals surface area (Å²) >= 11 is 5.88. The quantitative estimate of drug-likeness (QED) is 0.847. The summed E-state index contributed by atoms with van der Waals surface area (Å²) in [5, 5.41) is 3.09. The van der Waals surface area contributed by atoms with Crippen LogP contribution >= 0.6 is 11.6 Å². The SMILES string of the molecule is CCc1ccc(CNc2cc(C(F)(F)F)ccc2Cl)o1. The number of halogens is 4. The van der Waals surface area contributed by atoms with E-state index in [1.165, 1.54) is 6.07 Å². The second kappa shape index (κ2) is 5.79. The largest absolute Gasteiger partial charge is 0.464 e. The molecule has 2 aromatic rings. The van der Waals surface area contributed by atoms with Gasteiger partial charge in [0, 0.05) is 6.42 Å². The Bertz CT molecular complexity index is 592. The summed E-state index contributed by atoms with van der Waals surface area (Å²) in [6, 6.07) is 6.80. The van der Waals surface area contributed by atoms with Crippen LogP contribution in [-0.4, -0.2) is 0 Å². The van der Waals surface area contributed by atoms with E-state index >= 15 is 0 Å². The van der Waals surface area contributed by atoms with Crippen LogP contribution in [0, 0.1) is 0 Å². The van der Waals surface area contributed by atoms with Crippen molar-refractivity contribution < 1.29 is 17.6 Å². The Labute approximate surface area is 119 Å². The molecule has 2 nitrogen and oxygen atoms in total. The van der Waals surface area contributed by atoms with E-state index in [9.17, 15) is 13.2 Å². The Hall–Kier alpha value is -1.62. The van der Waals surface area contributed by atoms with Crippen molar-refractivity contribution in [1.82, 2.24) is 0 Å². The van der Waals surface area contributed by atoms with Crippen molar-refractivity contribution in [2.75, 3.05) is 5.32 Å². The molecule has 1 aromatic heterocycles. The van der Waals surface area contributed by atoms with Gasteiger partial charge >= 0.3 is 6.18 Å². The third kappa shape index (κ3) is 3.48. The molecule has 1 heterocycles. The van der Waals surface area contributed by atoms with Crippen LogP contribution in [0.5, 0.6) is 0 Å². The van der Waals surface area contributed by atoms with Crippen molar-refractivity contribution >= 4 is 17.3 Å². The van der Waals surface area contributed by atoms with E-state index in [0.29, 0.717) is 5.76 Å². The van der Waals surface area contributed by atoms with Gasteiger partial charge < -0.3 is 9.73 Å². The van der Waals surface area contributed by atoms with Crippen LogP contribution < -0.4 is 5.32 Å². The lowest BCUT2D eigenvalue weighted by Crippen LogP contribution is -2.06. The number of nitrogens with one attached hydrogen (secondary N) is 1. The Morgan fingerprint density at radius 1 is 1.15 bits per heavy atom. The average molecular weight is 304 g/mol. The number of hydrogen-bond acceptors (Lipinski definition) is 2. The molecule has 0 bridgehead atoms. The first kappa shape index (κ1) is 14.8. The lowest BCUT2D eigenvalue weighted by Gasteiger charge is -2.11. The normalized spacial score (nSPS) is 11.7. The molecule has 0 atom stereocenters. The number of benzene rings is 1. The van der Waals surface area contributed by atoms with Crippen molar-refractivity contribution in [2.45, 2.75) is 26.1 Å². The number of rotatable bonds is 4. The van der Waals surface area contributed by atoms with Crippen LogP contribution in [0.25, 0.3) is 0 Å². The molecular formula is C14H13ClF3NO. The zero-order valence-electron chi connectivity index (χ0n) is 10.7. The third-order valence-electron chi connectivity index (χ3n) is 2.81. The molecule has 0 spiro atoms. The molecule has 20 heavy (non-hydrogen) atoms. The van der Waals surface area contributed by atoms with E-state index in [2.05, 4.69) is 5.32 Å².